The fraction of sp³-hybridized carbons (Fsp3) is 0.517. The molecule has 5 rings (SSSR count). The van der Waals surface area contributed by atoms with Crippen molar-refractivity contribution in [3.8, 4) is 11.5 Å². The molecule has 3 aliphatic rings. The standard InChI is InChI=1S/C29H36N2O5/c1-17-5-10-22-26(13-17)36-29(3,4)23-15-20-16-31(12-11-25(20)35-27(22)23)28(34)24(30-18(2)32)14-19-6-8-21(33)9-7-19/h5-10,13,20,23-25,27,33H,11-12,14-16H2,1-4H3,(H,30,32)/t20-,23+,24-,25+,27-/m1/s1. The number of piperidine rings is 1. The van der Waals surface area contributed by atoms with Gasteiger partial charge in [-0.2, -0.15) is 0 Å². The maximum Gasteiger partial charge on any atom is 0.245 e. The Labute approximate surface area is 212 Å². The Hall–Kier alpha value is -3.06. The summed E-state index contributed by atoms with van der Waals surface area (Å²) in [6.07, 6.45) is 2.15. The molecule has 2 aromatic carbocycles. The molecule has 2 amide bonds. The number of aryl methyl sites for hydroxylation is 1. The Bertz CT molecular complexity index is 1140. The molecule has 2 aromatic rings. The number of fused-ring (bicyclic) bond motifs is 4. The van der Waals surface area contributed by atoms with Crippen LogP contribution < -0.4 is 10.1 Å². The van der Waals surface area contributed by atoms with Gasteiger partial charge >= 0.3 is 0 Å². The molecule has 0 saturated carbocycles. The largest absolute Gasteiger partial charge is 0.508 e. The maximum atomic E-state index is 13.6. The van der Waals surface area contributed by atoms with Crippen molar-refractivity contribution < 1.29 is 24.2 Å². The first-order chi connectivity index (χ1) is 17.1. The topological polar surface area (TPSA) is 88.1 Å². The van der Waals surface area contributed by atoms with E-state index in [-0.39, 0.29) is 47.2 Å². The molecule has 0 bridgehead atoms. The Balaban J connectivity index is 1.32. The van der Waals surface area contributed by atoms with Crippen LogP contribution in [-0.4, -0.2) is 52.7 Å². The highest BCUT2D eigenvalue weighted by molar-refractivity contribution is 5.87. The van der Waals surface area contributed by atoms with Gasteiger partial charge in [0.1, 0.15) is 23.1 Å². The molecule has 0 unspecified atom stereocenters. The van der Waals surface area contributed by atoms with Gasteiger partial charge in [0, 0.05) is 43.8 Å². The monoisotopic (exact) mass is 492 g/mol. The third kappa shape index (κ3) is 4.81. The van der Waals surface area contributed by atoms with Crippen molar-refractivity contribution in [3.05, 3.63) is 59.2 Å². The van der Waals surface area contributed by atoms with Crippen LogP contribution in [0.2, 0.25) is 0 Å². The molecular weight excluding hydrogens is 456 g/mol. The molecule has 36 heavy (non-hydrogen) atoms. The van der Waals surface area contributed by atoms with Crippen molar-refractivity contribution in [2.75, 3.05) is 13.1 Å². The molecule has 3 heterocycles. The van der Waals surface area contributed by atoms with E-state index < -0.39 is 6.04 Å². The first kappa shape index (κ1) is 24.6. The van der Waals surface area contributed by atoms with Crippen LogP contribution in [0.15, 0.2) is 42.5 Å². The highest BCUT2D eigenvalue weighted by Crippen LogP contribution is 2.53. The van der Waals surface area contributed by atoms with Crippen LogP contribution in [0.25, 0.3) is 0 Å². The molecule has 5 atom stereocenters. The van der Waals surface area contributed by atoms with E-state index in [0.29, 0.717) is 19.5 Å². The number of hydrogen-bond acceptors (Lipinski definition) is 5. The van der Waals surface area contributed by atoms with Crippen molar-refractivity contribution in [2.24, 2.45) is 11.8 Å². The predicted molar refractivity (Wildman–Crippen MR) is 136 cm³/mol. The molecular formula is C29H36N2O5. The molecule has 192 valence electrons. The summed E-state index contributed by atoms with van der Waals surface area (Å²) in [4.78, 5) is 27.4. The number of carbonyl (C=O) groups excluding carboxylic acids is 2. The molecule has 0 aromatic heterocycles. The average molecular weight is 493 g/mol. The van der Waals surface area contributed by atoms with Gasteiger partial charge in [0.25, 0.3) is 0 Å². The van der Waals surface area contributed by atoms with Gasteiger partial charge < -0.3 is 24.8 Å². The zero-order chi connectivity index (χ0) is 25.6. The second-order valence-corrected chi connectivity index (χ2v) is 11.1. The second-order valence-electron chi connectivity index (χ2n) is 11.1. The summed E-state index contributed by atoms with van der Waals surface area (Å²) in [5, 5.41) is 12.4. The van der Waals surface area contributed by atoms with Crippen LogP contribution in [0, 0.1) is 18.8 Å². The Morgan fingerprint density at radius 2 is 1.94 bits per heavy atom. The van der Waals surface area contributed by atoms with E-state index in [4.69, 9.17) is 9.47 Å². The maximum absolute atomic E-state index is 13.6. The van der Waals surface area contributed by atoms with Crippen LogP contribution in [0.3, 0.4) is 0 Å². The number of aromatic hydroxyl groups is 1. The number of phenolic OH excluding ortho intramolecular Hbond substituents is 1. The summed E-state index contributed by atoms with van der Waals surface area (Å²) in [7, 11) is 0. The SMILES string of the molecule is CC(=O)N[C@H](Cc1ccc(O)cc1)C(=O)N1CC[C@@H]2O[C@@H]3c4ccc(C)cc4OC(C)(C)[C@H]3C[C@@H]2C1. The number of ether oxygens (including phenoxy) is 2. The fourth-order valence-electron chi connectivity index (χ4n) is 6.15. The minimum Gasteiger partial charge on any atom is -0.508 e. The number of amides is 2. The highest BCUT2D eigenvalue weighted by atomic mass is 16.5. The van der Waals surface area contributed by atoms with Crippen LogP contribution in [0.5, 0.6) is 11.5 Å². The van der Waals surface area contributed by atoms with Crippen molar-refractivity contribution in [2.45, 2.75) is 70.8 Å². The number of hydrogen-bond donors (Lipinski definition) is 2. The summed E-state index contributed by atoms with van der Waals surface area (Å²) in [5.74, 6) is 1.18. The zero-order valence-corrected chi connectivity index (χ0v) is 21.5. The molecule has 2 N–H and O–H groups in total. The van der Waals surface area contributed by atoms with Crippen molar-refractivity contribution >= 4 is 11.8 Å². The summed E-state index contributed by atoms with van der Waals surface area (Å²) in [6, 6.07) is 12.5. The number of nitrogens with one attached hydrogen (secondary N) is 1. The van der Waals surface area contributed by atoms with E-state index in [2.05, 4.69) is 44.3 Å². The number of rotatable bonds is 4. The fourth-order valence-corrected chi connectivity index (χ4v) is 6.15. The zero-order valence-electron chi connectivity index (χ0n) is 21.5. The van der Waals surface area contributed by atoms with Gasteiger partial charge in [0.15, 0.2) is 0 Å². The minimum absolute atomic E-state index is 0.00511. The quantitative estimate of drug-likeness (QED) is 0.676. The summed E-state index contributed by atoms with van der Waals surface area (Å²) in [6.45, 7) is 8.98. The van der Waals surface area contributed by atoms with Crippen molar-refractivity contribution in [3.63, 3.8) is 0 Å². The molecule has 2 fully saturated rings. The lowest BCUT2D eigenvalue weighted by Crippen LogP contribution is -2.58. The lowest BCUT2D eigenvalue weighted by molar-refractivity contribution is -0.189. The van der Waals surface area contributed by atoms with E-state index in [1.165, 1.54) is 12.5 Å². The predicted octanol–water partition coefficient (Wildman–Crippen LogP) is 3.91. The van der Waals surface area contributed by atoms with Crippen LogP contribution in [0.4, 0.5) is 0 Å². The average Bonchev–Trinajstić information content (AvgIpc) is 2.82. The highest BCUT2D eigenvalue weighted by Gasteiger charge is 2.51. The molecule has 0 aliphatic carbocycles. The smallest absolute Gasteiger partial charge is 0.245 e. The molecule has 2 saturated heterocycles. The Kier molecular flexibility index (Phi) is 6.45. The lowest BCUT2D eigenvalue weighted by Gasteiger charge is -2.53. The van der Waals surface area contributed by atoms with Gasteiger partial charge in [-0.1, -0.05) is 24.3 Å². The summed E-state index contributed by atoms with van der Waals surface area (Å²) in [5.41, 5.74) is 2.81. The van der Waals surface area contributed by atoms with E-state index >= 15 is 0 Å². The number of likely N-dealkylation sites (tertiary alicyclic amines) is 1. The van der Waals surface area contributed by atoms with E-state index in [1.807, 2.05) is 4.90 Å². The third-order valence-electron chi connectivity index (χ3n) is 8.01. The van der Waals surface area contributed by atoms with E-state index in [9.17, 15) is 14.7 Å². The molecule has 7 heteroatoms. The third-order valence-corrected chi connectivity index (χ3v) is 8.01. The number of nitrogens with zero attached hydrogens (tertiary/aromatic N) is 1. The van der Waals surface area contributed by atoms with Crippen LogP contribution in [0.1, 0.15) is 56.4 Å². The van der Waals surface area contributed by atoms with Crippen LogP contribution in [-0.2, 0) is 20.7 Å². The number of benzene rings is 2. The lowest BCUT2D eigenvalue weighted by atomic mass is 9.70. The summed E-state index contributed by atoms with van der Waals surface area (Å²) >= 11 is 0. The van der Waals surface area contributed by atoms with Gasteiger partial charge in [-0.3, -0.25) is 9.59 Å². The normalized spacial score (nSPS) is 27.1. The number of phenols is 1. The summed E-state index contributed by atoms with van der Waals surface area (Å²) < 4.78 is 13.2. The van der Waals surface area contributed by atoms with Gasteiger partial charge in [-0.25, -0.2) is 0 Å². The minimum atomic E-state index is -0.648. The van der Waals surface area contributed by atoms with Crippen molar-refractivity contribution in [1.82, 2.24) is 10.2 Å². The van der Waals surface area contributed by atoms with Gasteiger partial charge in [0.2, 0.25) is 11.8 Å². The Morgan fingerprint density at radius 1 is 1.19 bits per heavy atom. The Morgan fingerprint density at radius 3 is 2.67 bits per heavy atom. The van der Waals surface area contributed by atoms with Gasteiger partial charge in [-0.05, 0) is 62.9 Å². The van der Waals surface area contributed by atoms with Crippen LogP contribution >= 0.6 is 0 Å². The molecule has 0 spiro atoms. The van der Waals surface area contributed by atoms with Gasteiger partial charge in [0.05, 0.1) is 12.2 Å². The van der Waals surface area contributed by atoms with E-state index in [0.717, 1.165) is 29.7 Å². The first-order valence-corrected chi connectivity index (χ1v) is 12.9. The van der Waals surface area contributed by atoms with E-state index in [1.54, 1.807) is 24.3 Å². The molecule has 7 nitrogen and oxygen atoms in total. The number of carbonyl (C=O) groups is 2. The molecule has 0 radical (unpaired) electrons. The second kappa shape index (κ2) is 9.43. The molecule has 3 aliphatic heterocycles. The van der Waals surface area contributed by atoms with Gasteiger partial charge in [-0.15, -0.1) is 0 Å². The van der Waals surface area contributed by atoms with Crippen molar-refractivity contribution in [1.29, 1.82) is 0 Å². The first-order valence-electron chi connectivity index (χ1n) is 12.9.